The van der Waals surface area contributed by atoms with Crippen LogP contribution in [0.1, 0.15) is 67.3 Å². The van der Waals surface area contributed by atoms with Crippen LogP contribution in [0.2, 0.25) is 18.6 Å². The number of ether oxygens (including phenoxy) is 2. The molecule has 1 unspecified atom stereocenters. The van der Waals surface area contributed by atoms with Crippen molar-refractivity contribution in [3.8, 4) is 5.75 Å². The number of fused-ring (bicyclic) bond motifs is 2. The van der Waals surface area contributed by atoms with E-state index in [0.29, 0.717) is 30.0 Å². The van der Waals surface area contributed by atoms with E-state index in [4.69, 9.17) is 9.47 Å². The number of hydrogen-bond acceptors (Lipinski definition) is 10. The summed E-state index contributed by atoms with van der Waals surface area (Å²) in [6.45, 7) is 9.17. The van der Waals surface area contributed by atoms with Gasteiger partial charge < -0.3 is 40.7 Å². The van der Waals surface area contributed by atoms with Crippen LogP contribution in [-0.2, 0) is 37.8 Å². The van der Waals surface area contributed by atoms with Gasteiger partial charge in [-0.25, -0.2) is 0 Å². The molecule has 4 aromatic carbocycles. The lowest BCUT2D eigenvalue weighted by Crippen LogP contribution is -2.51. The Kier molecular flexibility index (Phi) is 12.8. The fourth-order valence-corrected chi connectivity index (χ4v) is 14.9. The molecule has 3 saturated heterocycles. The lowest BCUT2D eigenvalue weighted by Gasteiger charge is -2.37. The molecule has 5 aromatic rings. The van der Waals surface area contributed by atoms with Crippen molar-refractivity contribution in [2.45, 2.75) is 100 Å². The number of hydrogen-bond donors (Lipinski definition) is 5. The van der Waals surface area contributed by atoms with Crippen molar-refractivity contribution in [3.63, 3.8) is 0 Å². The number of rotatable bonds is 15. The predicted molar refractivity (Wildman–Crippen MR) is 253 cm³/mol. The predicted octanol–water partition coefficient (Wildman–Crippen LogP) is 5.65. The van der Waals surface area contributed by atoms with Gasteiger partial charge >= 0.3 is 0 Å². The molecule has 0 bridgehead atoms. The first-order chi connectivity index (χ1) is 31.5. The number of aromatic nitrogens is 3. The molecular weight excluding hydrogens is 837 g/mol. The zero-order valence-corrected chi connectivity index (χ0v) is 38.6. The molecule has 3 fully saturated rings. The topological polar surface area (TPSA) is 172 Å². The second-order valence-corrected chi connectivity index (χ2v) is 23.3. The van der Waals surface area contributed by atoms with Gasteiger partial charge in [-0.2, -0.15) is 0 Å². The van der Waals surface area contributed by atoms with Gasteiger partial charge in [-0.05, 0) is 104 Å². The van der Waals surface area contributed by atoms with Gasteiger partial charge in [0.1, 0.15) is 5.75 Å². The summed E-state index contributed by atoms with van der Waals surface area (Å²) >= 11 is 0. The van der Waals surface area contributed by atoms with Crippen molar-refractivity contribution >= 4 is 48.0 Å². The summed E-state index contributed by atoms with van der Waals surface area (Å²) in [5, 5.41) is 33.4. The Morgan fingerprint density at radius 2 is 1.58 bits per heavy atom. The summed E-state index contributed by atoms with van der Waals surface area (Å²) in [6, 6.07) is 31.1. The quantitative estimate of drug-likeness (QED) is 0.0829. The molecule has 0 aliphatic carbocycles. The SMILES string of the molecule is COc1ccc([Si](C)(C)[C@@H]2[C@@H](CCn3cc(C(CO)c4ccccc4)nn3)O[C@]3(C(=O)N(Cc4ccc(NC(=O)[C@H]5CCCN5)cc4)c4ccc(NC(=O)[C@H]5CCCN5)cc43)[C@H]2C)cc1. The lowest BCUT2D eigenvalue weighted by atomic mass is 9.82. The summed E-state index contributed by atoms with van der Waals surface area (Å²) in [7, 11) is -0.818. The van der Waals surface area contributed by atoms with E-state index < -0.39 is 13.7 Å². The fraction of sp³-hybridized carbons (Fsp3) is 0.420. The first-order valence-corrected chi connectivity index (χ1v) is 26.1. The molecule has 65 heavy (non-hydrogen) atoms. The van der Waals surface area contributed by atoms with Gasteiger partial charge in [-0.15, -0.1) is 5.10 Å². The molecule has 9 rings (SSSR count). The average molecular weight is 897 g/mol. The maximum Gasteiger partial charge on any atom is 0.264 e. The fourth-order valence-electron chi connectivity index (χ4n) is 10.9. The number of carbonyl (C=O) groups is 3. The van der Waals surface area contributed by atoms with Crippen LogP contribution in [0.3, 0.4) is 0 Å². The van der Waals surface area contributed by atoms with Crippen molar-refractivity contribution in [1.29, 1.82) is 0 Å². The minimum Gasteiger partial charge on any atom is -0.497 e. The third-order valence-electron chi connectivity index (χ3n) is 14.4. The van der Waals surface area contributed by atoms with Crippen LogP contribution in [-0.4, -0.2) is 90.9 Å². The Morgan fingerprint density at radius 1 is 0.923 bits per heavy atom. The van der Waals surface area contributed by atoms with Crippen LogP contribution in [0.5, 0.6) is 5.75 Å². The van der Waals surface area contributed by atoms with Crippen LogP contribution in [0.4, 0.5) is 17.1 Å². The van der Waals surface area contributed by atoms with Gasteiger partial charge in [0, 0.05) is 35.6 Å². The monoisotopic (exact) mass is 896 g/mol. The van der Waals surface area contributed by atoms with Crippen LogP contribution in [0, 0.1) is 5.92 Å². The first kappa shape index (κ1) is 44.5. The third-order valence-corrected chi connectivity index (χ3v) is 18.7. The molecule has 340 valence electrons. The number of amides is 3. The Bertz CT molecular complexity index is 2490. The molecular formula is C50H60N8O6Si. The molecule has 0 radical (unpaired) electrons. The molecule has 4 aliphatic rings. The second-order valence-electron chi connectivity index (χ2n) is 18.6. The molecule has 14 nitrogen and oxygen atoms in total. The summed E-state index contributed by atoms with van der Waals surface area (Å²) < 4.78 is 14.8. The maximum atomic E-state index is 15.6. The second kappa shape index (κ2) is 18.6. The maximum absolute atomic E-state index is 15.6. The normalized spacial score (nSPS) is 24.4. The molecule has 3 amide bonds. The standard InChI is InChI=1S/C50H60N8O6Si/c1-32-46(65(3,4)38-21-19-37(63-2)20-22-38)45(24-27-57-30-43(55-56-57)39(31-59)34-10-6-5-7-11-34)64-50(32)40-28-36(54-48(61)42-13-9-26-52-42)18-23-44(40)58(49(50)62)29-33-14-16-35(17-15-33)53-47(60)41-12-8-25-51-41/h5-7,10-11,14-23,28,30,32,39,41-42,45-46,51-52,59H,8-9,12-13,24-27,29,31H2,1-4H3,(H,53,60)(H,54,61)/t32-,39?,41+,42+,45+,46-,50+/m0/s1. The van der Waals surface area contributed by atoms with Crippen LogP contribution in [0.15, 0.2) is 103 Å². The highest BCUT2D eigenvalue weighted by atomic mass is 28.3. The number of nitrogens with one attached hydrogen (secondary N) is 4. The van der Waals surface area contributed by atoms with Crippen molar-refractivity contribution in [1.82, 2.24) is 25.6 Å². The van der Waals surface area contributed by atoms with Gasteiger partial charge in [0.15, 0.2) is 5.60 Å². The molecule has 0 saturated carbocycles. The number of aliphatic hydroxyl groups is 1. The Morgan fingerprint density at radius 3 is 2.22 bits per heavy atom. The number of aliphatic hydroxyl groups excluding tert-OH is 1. The highest BCUT2D eigenvalue weighted by Gasteiger charge is 2.66. The van der Waals surface area contributed by atoms with E-state index in [1.807, 2.05) is 101 Å². The van der Waals surface area contributed by atoms with Crippen molar-refractivity contribution in [2.24, 2.45) is 5.92 Å². The molecule has 4 aliphatic heterocycles. The van der Waals surface area contributed by atoms with E-state index in [1.54, 1.807) is 7.11 Å². The molecule has 1 spiro atoms. The number of carbonyl (C=O) groups excluding carboxylic acids is 3. The number of benzene rings is 4. The minimum atomic E-state index is -2.48. The van der Waals surface area contributed by atoms with Crippen LogP contribution < -0.4 is 36.1 Å². The van der Waals surface area contributed by atoms with E-state index in [9.17, 15) is 14.7 Å². The van der Waals surface area contributed by atoms with Gasteiger partial charge in [0.2, 0.25) is 11.8 Å². The van der Waals surface area contributed by atoms with Crippen molar-refractivity contribution in [2.75, 3.05) is 42.3 Å². The van der Waals surface area contributed by atoms with Gasteiger partial charge in [0.05, 0.1) is 63.8 Å². The zero-order valence-electron chi connectivity index (χ0n) is 37.6. The molecule has 1 aromatic heterocycles. The van der Waals surface area contributed by atoms with Gasteiger partial charge in [0.25, 0.3) is 5.91 Å². The van der Waals surface area contributed by atoms with E-state index in [2.05, 4.69) is 63.7 Å². The number of anilines is 3. The summed E-state index contributed by atoms with van der Waals surface area (Å²) in [4.78, 5) is 43.8. The Balaban J connectivity index is 1.06. The van der Waals surface area contributed by atoms with E-state index >= 15 is 4.79 Å². The van der Waals surface area contributed by atoms with Crippen molar-refractivity contribution in [3.05, 3.63) is 126 Å². The zero-order chi connectivity index (χ0) is 45.3. The first-order valence-electron chi connectivity index (χ1n) is 23.0. The van der Waals surface area contributed by atoms with Crippen LogP contribution >= 0.6 is 0 Å². The van der Waals surface area contributed by atoms with E-state index in [-0.39, 0.29) is 66.4 Å². The van der Waals surface area contributed by atoms with E-state index in [0.717, 1.165) is 66.9 Å². The largest absolute Gasteiger partial charge is 0.497 e. The summed E-state index contributed by atoms with van der Waals surface area (Å²) in [6.07, 6.45) is 5.58. The number of nitrogens with zero attached hydrogens (tertiary/aromatic N) is 4. The van der Waals surface area contributed by atoms with Gasteiger partial charge in [-0.3, -0.25) is 19.1 Å². The van der Waals surface area contributed by atoms with Crippen molar-refractivity contribution < 1.29 is 29.0 Å². The lowest BCUT2D eigenvalue weighted by molar-refractivity contribution is -0.146. The highest BCUT2D eigenvalue weighted by Crippen LogP contribution is 2.60. The third kappa shape index (κ3) is 8.63. The summed E-state index contributed by atoms with van der Waals surface area (Å²) in [5.74, 6) is -0.0991. The minimum absolute atomic E-state index is 0.0386. The molecule has 7 atom stereocenters. The Hall–Kier alpha value is -5.71. The van der Waals surface area contributed by atoms with Gasteiger partial charge in [-0.1, -0.05) is 85.0 Å². The Labute approximate surface area is 381 Å². The molecule has 5 N–H and O–H groups in total. The summed E-state index contributed by atoms with van der Waals surface area (Å²) in [5.41, 5.74) is 3.93. The smallest absolute Gasteiger partial charge is 0.264 e. The molecule has 15 heteroatoms. The molecule has 5 heterocycles. The number of methoxy groups -OCH3 is 1. The number of aryl methyl sites for hydroxylation is 1. The average Bonchev–Trinajstić information content (AvgIpc) is 4.19. The van der Waals surface area contributed by atoms with E-state index in [1.165, 1.54) is 5.19 Å². The van der Waals surface area contributed by atoms with Crippen LogP contribution in [0.25, 0.3) is 0 Å². The highest BCUT2D eigenvalue weighted by molar-refractivity contribution is 6.91.